The van der Waals surface area contributed by atoms with Gasteiger partial charge in [-0.1, -0.05) is 12.1 Å². The van der Waals surface area contributed by atoms with Crippen LogP contribution in [0.5, 0.6) is 5.75 Å². The number of piperidine rings is 1. The normalized spacial score (nSPS) is 22.4. The van der Waals surface area contributed by atoms with Crippen molar-refractivity contribution in [1.29, 1.82) is 0 Å². The van der Waals surface area contributed by atoms with Crippen molar-refractivity contribution in [2.24, 2.45) is 5.92 Å². The van der Waals surface area contributed by atoms with Gasteiger partial charge in [0.25, 0.3) is 0 Å². The second-order valence-electron chi connectivity index (χ2n) is 9.51. The molecule has 0 aromatic heterocycles. The highest BCUT2D eigenvalue weighted by atomic mass is 16.6. The number of amides is 3. The standard InChI is InChI=1S/C24H35N3O5/c1-24(2,3)32-23(30)27-14-6-13-26(15-16-27)22(29)19-11-12-20(28)25(4)21(19)17-7-9-18(31-5)10-8-17/h7-10,19,21H,6,11-16H2,1-5H3. The molecule has 32 heavy (non-hydrogen) atoms. The highest BCUT2D eigenvalue weighted by Crippen LogP contribution is 2.37. The molecule has 2 fully saturated rings. The van der Waals surface area contributed by atoms with Gasteiger partial charge >= 0.3 is 6.09 Å². The Morgan fingerprint density at radius 2 is 1.62 bits per heavy atom. The lowest BCUT2D eigenvalue weighted by atomic mass is 9.83. The van der Waals surface area contributed by atoms with Crippen LogP contribution in [-0.4, -0.2) is 78.5 Å². The minimum Gasteiger partial charge on any atom is -0.497 e. The third-order valence-electron chi connectivity index (χ3n) is 6.09. The zero-order chi connectivity index (χ0) is 23.5. The molecule has 3 rings (SSSR count). The summed E-state index contributed by atoms with van der Waals surface area (Å²) in [7, 11) is 3.38. The van der Waals surface area contributed by atoms with Crippen LogP contribution in [0.25, 0.3) is 0 Å². The minimum absolute atomic E-state index is 0.0382. The summed E-state index contributed by atoms with van der Waals surface area (Å²) >= 11 is 0. The number of hydrogen-bond acceptors (Lipinski definition) is 5. The molecule has 2 aliphatic rings. The number of ether oxygens (including phenoxy) is 2. The van der Waals surface area contributed by atoms with Crippen LogP contribution in [0, 0.1) is 5.92 Å². The molecule has 0 spiro atoms. The van der Waals surface area contributed by atoms with Crippen LogP contribution < -0.4 is 4.74 Å². The van der Waals surface area contributed by atoms with Crippen molar-refractivity contribution in [2.75, 3.05) is 40.3 Å². The van der Waals surface area contributed by atoms with E-state index in [1.165, 1.54) is 0 Å². The van der Waals surface area contributed by atoms with E-state index in [2.05, 4.69) is 0 Å². The van der Waals surface area contributed by atoms with Crippen LogP contribution in [0.1, 0.15) is 51.6 Å². The van der Waals surface area contributed by atoms with E-state index in [-0.39, 0.29) is 29.9 Å². The second-order valence-corrected chi connectivity index (χ2v) is 9.51. The summed E-state index contributed by atoms with van der Waals surface area (Å²) in [5.41, 5.74) is 0.369. The fourth-order valence-corrected chi connectivity index (χ4v) is 4.44. The van der Waals surface area contributed by atoms with Gasteiger partial charge in [0.05, 0.1) is 19.1 Å². The number of carbonyl (C=O) groups excluding carboxylic acids is 3. The number of likely N-dealkylation sites (tertiary alicyclic amines) is 1. The molecule has 2 atom stereocenters. The Kier molecular flexibility index (Phi) is 7.31. The Balaban J connectivity index is 1.74. The van der Waals surface area contributed by atoms with E-state index in [9.17, 15) is 14.4 Å². The molecule has 0 bridgehead atoms. The highest BCUT2D eigenvalue weighted by Gasteiger charge is 2.41. The highest BCUT2D eigenvalue weighted by molar-refractivity contribution is 5.85. The van der Waals surface area contributed by atoms with Crippen molar-refractivity contribution in [1.82, 2.24) is 14.7 Å². The molecule has 3 amide bonds. The van der Waals surface area contributed by atoms with Crippen LogP contribution in [-0.2, 0) is 14.3 Å². The van der Waals surface area contributed by atoms with Gasteiger partial charge in [-0.05, 0) is 51.3 Å². The monoisotopic (exact) mass is 445 g/mol. The van der Waals surface area contributed by atoms with Gasteiger partial charge < -0.3 is 24.2 Å². The predicted molar refractivity (Wildman–Crippen MR) is 120 cm³/mol. The molecule has 8 heteroatoms. The van der Waals surface area contributed by atoms with E-state index in [0.29, 0.717) is 45.4 Å². The molecule has 1 aromatic carbocycles. The van der Waals surface area contributed by atoms with Gasteiger partial charge in [0.15, 0.2) is 0 Å². The maximum Gasteiger partial charge on any atom is 0.410 e. The molecule has 1 aromatic rings. The second kappa shape index (κ2) is 9.79. The molecule has 0 radical (unpaired) electrons. The minimum atomic E-state index is -0.552. The Bertz CT molecular complexity index is 833. The summed E-state index contributed by atoms with van der Waals surface area (Å²) in [5.74, 6) is 0.494. The average Bonchev–Trinajstić information content (AvgIpc) is 3.00. The third kappa shape index (κ3) is 5.53. The summed E-state index contributed by atoms with van der Waals surface area (Å²) in [5, 5.41) is 0. The average molecular weight is 446 g/mol. The maximum absolute atomic E-state index is 13.6. The van der Waals surface area contributed by atoms with Crippen LogP contribution >= 0.6 is 0 Å². The number of benzene rings is 1. The summed E-state index contributed by atoms with van der Waals surface area (Å²) in [6.07, 6.45) is 1.23. The first-order valence-electron chi connectivity index (χ1n) is 11.3. The smallest absolute Gasteiger partial charge is 0.410 e. The molecule has 2 aliphatic heterocycles. The maximum atomic E-state index is 13.6. The van der Waals surface area contributed by atoms with Crippen molar-refractivity contribution < 1.29 is 23.9 Å². The first-order valence-corrected chi connectivity index (χ1v) is 11.3. The number of methoxy groups -OCH3 is 1. The molecule has 8 nitrogen and oxygen atoms in total. The lowest BCUT2D eigenvalue weighted by Gasteiger charge is -2.40. The number of rotatable bonds is 3. The Morgan fingerprint density at radius 3 is 2.25 bits per heavy atom. The Labute approximate surface area is 190 Å². The van der Waals surface area contributed by atoms with Crippen LogP contribution in [0.15, 0.2) is 24.3 Å². The van der Waals surface area contributed by atoms with E-state index < -0.39 is 5.60 Å². The molecule has 176 valence electrons. The third-order valence-corrected chi connectivity index (χ3v) is 6.09. The number of hydrogen-bond donors (Lipinski definition) is 0. The van der Waals surface area contributed by atoms with Crippen LogP contribution in [0.3, 0.4) is 0 Å². The summed E-state index contributed by atoms with van der Waals surface area (Å²) in [4.78, 5) is 43.7. The molecule has 0 N–H and O–H groups in total. The molecule has 0 saturated carbocycles. The molecule has 2 saturated heterocycles. The van der Waals surface area contributed by atoms with Gasteiger partial charge in [-0.25, -0.2) is 4.79 Å². The largest absolute Gasteiger partial charge is 0.497 e. The Morgan fingerprint density at radius 1 is 1.00 bits per heavy atom. The molecule has 2 unspecified atom stereocenters. The van der Waals surface area contributed by atoms with E-state index in [4.69, 9.17) is 9.47 Å². The van der Waals surface area contributed by atoms with E-state index >= 15 is 0 Å². The number of nitrogens with zero attached hydrogens (tertiary/aromatic N) is 3. The Hall–Kier alpha value is -2.77. The van der Waals surface area contributed by atoms with Gasteiger partial charge in [-0.3, -0.25) is 9.59 Å². The molecule has 2 heterocycles. The molecule has 0 aliphatic carbocycles. The van der Waals surface area contributed by atoms with Crippen molar-refractivity contribution in [2.45, 2.75) is 51.7 Å². The van der Waals surface area contributed by atoms with Gasteiger partial charge in [0, 0.05) is 39.6 Å². The first-order chi connectivity index (χ1) is 15.1. The van der Waals surface area contributed by atoms with Crippen molar-refractivity contribution in [3.63, 3.8) is 0 Å². The van der Waals surface area contributed by atoms with Gasteiger partial charge in [0.2, 0.25) is 11.8 Å². The van der Waals surface area contributed by atoms with E-state index in [0.717, 1.165) is 11.3 Å². The van der Waals surface area contributed by atoms with Crippen molar-refractivity contribution >= 4 is 17.9 Å². The molecular formula is C24H35N3O5. The summed E-state index contributed by atoms with van der Waals surface area (Å²) in [6, 6.07) is 7.24. The van der Waals surface area contributed by atoms with Crippen molar-refractivity contribution in [3.05, 3.63) is 29.8 Å². The van der Waals surface area contributed by atoms with E-state index in [1.807, 2.05) is 49.9 Å². The lowest BCUT2D eigenvalue weighted by molar-refractivity contribution is -0.146. The fourth-order valence-electron chi connectivity index (χ4n) is 4.44. The summed E-state index contributed by atoms with van der Waals surface area (Å²) < 4.78 is 10.7. The van der Waals surface area contributed by atoms with Crippen LogP contribution in [0.4, 0.5) is 4.79 Å². The van der Waals surface area contributed by atoms with Gasteiger partial charge in [-0.2, -0.15) is 0 Å². The zero-order valence-corrected chi connectivity index (χ0v) is 19.8. The zero-order valence-electron chi connectivity index (χ0n) is 19.8. The van der Waals surface area contributed by atoms with Crippen LogP contribution in [0.2, 0.25) is 0 Å². The van der Waals surface area contributed by atoms with Gasteiger partial charge in [0.1, 0.15) is 11.4 Å². The molecular weight excluding hydrogens is 410 g/mol. The first kappa shape index (κ1) is 23.9. The van der Waals surface area contributed by atoms with E-state index in [1.54, 1.807) is 24.0 Å². The number of carbonyl (C=O) groups is 3. The quantitative estimate of drug-likeness (QED) is 0.714. The SMILES string of the molecule is COc1ccc(C2C(C(=O)N3CCCN(C(=O)OC(C)(C)C)CC3)CCC(=O)N2C)cc1. The van der Waals surface area contributed by atoms with Crippen molar-refractivity contribution in [3.8, 4) is 5.75 Å². The topological polar surface area (TPSA) is 79.4 Å². The van der Waals surface area contributed by atoms with Gasteiger partial charge in [-0.15, -0.1) is 0 Å². The predicted octanol–water partition coefficient (Wildman–Crippen LogP) is 3.07. The lowest BCUT2D eigenvalue weighted by Crippen LogP contribution is -2.48. The fraction of sp³-hybridized carbons (Fsp3) is 0.625. The summed E-state index contributed by atoms with van der Waals surface area (Å²) in [6.45, 7) is 7.58.